The first-order valence-corrected chi connectivity index (χ1v) is 7.17. The molecule has 0 heterocycles. The average Bonchev–Trinajstić information content (AvgIpc) is 2.45. The second-order valence-corrected chi connectivity index (χ2v) is 5.44. The van der Waals surface area contributed by atoms with Crippen LogP contribution in [0.15, 0.2) is 36.4 Å². The molecule has 0 aliphatic carbocycles. The van der Waals surface area contributed by atoms with Crippen molar-refractivity contribution in [1.29, 1.82) is 0 Å². The van der Waals surface area contributed by atoms with Crippen LogP contribution in [-0.2, 0) is 4.79 Å². The molecule has 2 aromatic carbocycles. The van der Waals surface area contributed by atoms with Crippen LogP contribution < -0.4 is 10.1 Å². The highest BCUT2D eigenvalue weighted by molar-refractivity contribution is 6.42. The predicted octanol–water partition coefficient (Wildman–Crippen LogP) is 4.63. The number of carbonyl (C=O) groups excluding carboxylic acids is 1. The fourth-order valence-corrected chi connectivity index (χ4v) is 2.27. The van der Waals surface area contributed by atoms with Crippen molar-refractivity contribution < 1.29 is 9.53 Å². The van der Waals surface area contributed by atoms with Gasteiger partial charge in [-0.2, -0.15) is 0 Å². The van der Waals surface area contributed by atoms with Crippen molar-refractivity contribution in [2.24, 2.45) is 0 Å². The summed E-state index contributed by atoms with van der Waals surface area (Å²) in [5, 5.41) is 3.54. The lowest BCUT2D eigenvalue weighted by atomic mass is 10.1. The van der Waals surface area contributed by atoms with E-state index in [4.69, 9.17) is 27.9 Å². The molecule has 0 saturated heterocycles. The van der Waals surface area contributed by atoms with Crippen molar-refractivity contribution in [2.45, 2.75) is 13.8 Å². The van der Waals surface area contributed by atoms with E-state index in [2.05, 4.69) is 5.32 Å². The standard InChI is InChI=1S/C16H15Cl2NO2/c1-10-5-3-6-11(2)16(10)19-14(20)9-21-13-8-4-7-12(17)15(13)18/h3-8H,9H2,1-2H3,(H,19,20). The third-order valence-corrected chi connectivity index (χ3v) is 3.82. The maximum Gasteiger partial charge on any atom is 0.262 e. The van der Waals surface area contributed by atoms with Gasteiger partial charge >= 0.3 is 0 Å². The first kappa shape index (κ1) is 15.7. The number of hydrogen-bond acceptors (Lipinski definition) is 2. The van der Waals surface area contributed by atoms with Gasteiger partial charge in [0, 0.05) is 5.69 Å². The summed E-state index contributed by atoms with van der Waals surface area (Å²) in [7, 11) is 0. The van der Waals surface area contributed by atoms with Gasteiger partial charge in [0.05, 0.1) is 5.02 Å². The van der Waals surface area contributed by atoms with Gasteiger partial charge in [-0.3, -0.25) is 4.79 Å². The normalized spacial score (nSPS) is 10.3. The highest BCUT2D eigenvalue weighted by atomic mass is 35.5. The fourth-order valence-electron chi connectivity index (χ4n) is 1.93. The molecule has 2 aromatic rings. The molecule has 0 saturated carbocycles. The number of aryl methyl sites for hydroxylation is 2. The number of ether oxygens (including phenoxy) is 1. The minimum atomic E-state index is -0.247. The van der Waals surface area contributed by atoms with E-state index in [9.17, 15) is 4.79 Å². The summed E-state index contributed by atoms with van der Waals surface area (Å²) in [4.78, 5) is 12.0. The van der Waals surface area contributed by atoms with E-state index in [0.717, 1.165) is 16.8 Å². The first-order chi connectivity index (χ1) is 9.99. The Morgan fingerprint density at radius 3 is 2.38 bits per heavy atom. The van der Waals surface area contributed by atoms with Crippen LogP contribution in [0.25, 0.3) is 0 Å². The molecule has 5 heteroatoms. The van der Waals surface area contributed by atoms with E-state index in [-0.39, 0.29) is 12.5 Å². The Hall–Kier alpha value is -1.71. The number of amides is 1. The Balaban J connectivity index is 2.01. The quantitative estimate of drug-likeness (QED) is 0.890. The number of para-hydroxylation sites is 1. The van der Waals surface area contributed by atoms with Crippen LogP contribution >= 0.6 is 23.2 Å². The molecule has 3 nitrogen and oxygen atoms in total. The Morgan fingerprint density at radius 1 is 1.10 bits per heavy atom. The molecular formula is C16H15Cl2NO2. The van der Waals surface area contributed by atoms with E-state index in [1.54, 1.807) is 18.2 Å². The lowest BCUT2D eigenvalue weighted by Gasteiger charge is -2.12. The summed E-state index contributed by atoms with van der Waals surface area (Å²) in [6.07, 6.45) is 0. The van der Waals surface area contributed by atoms with Crippen molar-refractivity contribution in [2.75, 3.05) is 11.9 Å². The van der Waals surface area contributed by atoms with Crippen molar-refractivity contribution in [3.05, 3.63) is 57.6 Å². The van der Waals surface area contributed by atoms with Crippen LogP contribution in [0.4, 0.5) is 5.69 Å². The van der Waals surface area contributed by atoms with Gasteiger partial charge in [-0.05, 0) is 37.1 Å². The number of halogens is 2. The molecule has 0 unspecified atom stereocenters. The maximum absolute atomic E-state index is 12.0. The van der Waals surface area contributed by atoms with Crippen LogP contribution in [0.2, 0.25) is 10.0 Å². The van der Waals surface area contributed by atoms with Crippen molar-refractivity contribution in [1.82, 2.24) is 0 Å². The molecule has 21 heavy (non-hydrogen) atoms. The lowest BCUT2D eigenvalue weighted by molar-refractivity contribution is -0.118. The summed E-state index contributed by atoms with van der Waals surface area (Å²) >= 11 is 11.9. The van der Waals surface area contributed by atoms with Gasteiger partial charge in [0.25, 0.3) is 5.91 Å². The second kappa shape index (κ2) is 6.83. The summed E-state index contributed by atoms with van der Waals surface area (Å²) in [6.45, 7) is 3.75. The molecule has 0 aliphatic rings. The van der Waals surface area contributed by atoms with E-state index in [0.29, 0.717) is 15.8 Å². The monoisotopic (exact) mass is 323 g/mol. The average molecular weight is 324 g/mol. The highest BCUT2D eigenvalue weighted by Crippen LogP contribution is 2.31. The molecule has 0 spiro atoms. The number of benzene rings is 2. The number of rotatable bonds is 4. The topological polar surface area (TPSA) is 38.3 Å². The minimum absolute atomic E-state index is 0.131. The largest absolute Gasteiger partial charge is 0.482 e. The van der Waals surface area contributed by atoms with Crippen molar-refractivity contribution in [3.8, 4) is 5.75 Å². The van der Waals surface area contributed by atoms with E-state index >= 15 is 0 Å². The Labute approximate surface area is 133 Å². The smallest absolute Gasteiger partial charge is 0.262 e. The van der Waals surface area contributed by atoms with E-state index in [1.807, 2.05) is 32.0 Å². The summed E-state index contributed by atoms with van der Waals surface area (Å²) in [6, 6.07) is 10.9. The first-order valence-electron chi connectivity index (χ1n) is 6.42. The zero-order valence-electron chi connectivity index (χ0n) is 11.7. The molecule has 1 N–H and O–H groups in total. The van der Waals surface area contributed by atoms with Gasteiger partial charge in [0.15, 0.2) is 6.61 Å². The molecular weight excluding hydrogens is 309 g/mol. The summed E-state index contributed by atoms with van der Waals surface area (Å²) in [5.74, 6) is 0.143. The predicted molar refractivity (Wildman–Crippen MR) is 86.5 cm³/mol. The molecule has 0 atom stereocenters. The molecule has 0 bridgehead atoms. The Morgan fingerprint density at radius 2 is 1.71 bits per heavy atom. The Kier molecular flexibility index (Phi) is 5.10. The van der Waals surface area contributed by atoms with Gasteiger partial charge in [-0.15, -0.1) is 0 Å². The van der Waals surface area contributed by atoms with Crippen molar-refractivity contribution >= 4 is 34.8 Å². The minimum Gasteiger partial charge on any atom is -0.482 e. The van der Waals surface area contributed by atoms with Crippen LogP contribution in [-0.4, -0.2) is 12.5 Å². The van der Waals surface area contributed by atoms with Crippen LogP contribution in [0.3, 0.4) is 0 Å². The zero-order chi connectivity index (χ0) is 15.4. The number of anilines is 1. The number of carbonyl (C=O) groups is 1. The van der Waals surface area contributed by atoms with E-state index < -0.39 is 0 Å². The summed E-state index contributed by atoms with van der Waals surface area (Å²) in [5.41, 5.74) is 2.82. The fraction of sp³-hybridized carbons (Fsp3) is 0.188. The maximum atomic E-state index is 12.0. The van der Waals surface area contributed by atoms with Crippen LogP contribution in [0.5, 0.6) is 5.75 Å². The third-order valence-electron chi connectivity index (χ3n) is 3.02. The lowest BCUT2D eigenvalue weighted by Crippen LogP contribution is -2.21. The van der Waals surface area contributed by atoms with Crippen LogP contribution in [0.1, 0.15) is 11.1 Å². The molecule has 0 aromatic heterocycles. The van der Waals surface area contributed by atoms with Gasteiger partial charge < -0.3 is 10.1 Å². The molecule has 0 fully saturated rings. The molecule has 1 amide bonds. The Bertz CT molecular complexity index is 651. The number of nitrogens with one attached hydrogen (secondary N) is 1. The molecule has 110 valence electrons. The SMILES string of the molecule is Cc1cccc(C)c1NC(=O)COc1cccc(Cl)c1Cl. The van der Waals surface area contributed by atoms with Crippen molar-refractivity contribution in [3.63, 3.8) is 0 Å². The summed E-state index contributed by atoms with van der Waals surface area (Å²) < 4.78 is 5.40. The van der Waals surface area contributed by atoms with Gasteiger partial charge in [0.1, 0.15) is 10.8 Å². The molecule has 2 rings (SSSR count). The highest BCUT2D eigenvalue weighted by Gasteiger charge is 2.10. The molecule has 0 radical (unpaired) electrons. The molecule has 0 aliphatic heterocycles. The zero-order valence-corrected chi connectivity index (χ0v) is 13.3. The van der Waals surface area contributed by atoms with Crippen LogP contribution in [0, 0.1) is 13.8 Å². The number of hydrogen-bond donors (Lipinski definition) is 1. The van der Waals surface area contributed by atoms with Gasteiger partial charge in [0.2, 0.25) is 0 Å². The van der Waals surface area contributed by atoms with Gasteiger partial charge in [-0.1, -0.05) is 47.5 Å². The second-order valence-electron chi connectivity index (χ2n) is 4.66. The third kappa shape index (κ3) is 3.90. The van der Waals surface area contributed by atoms with E-state index in [1.165, 1.54) is 0 Å². The van der Waals surface area contributed by atoms with Gasteiger partial charge in [-0.25, -0.2) is 0 Å².